The van der Waals surface area contributed by atoms with Crippen LogP contribution in [0.4, 0.5) is 10.1 Å². The van der Waals surface area contributed by atoms with Crippen LogP contribution in [0.25, 0.3) is 0 Å². The molecule has 19 heavy (non-hydrogen) atoms. The minimum absolute atomic E-state index is 0.0101. The van der Waals surface area contributed by atoms with Crippen molar-refractivity contribution in [1.29, 1.82) is 0 Å². The highest BCUT2D eigenvalue weighted by Crippen LogP contribution is 2.53. The summed E-state index contributed by atoms with van der Waals surface area (Å²) in [6.45, 7) is 12.9. The molecule has 1 unspecified atom stereocenters. The van der Waals surface area contributed by atoms with Crippen LogP contribution in [0.5, 0.6) is 0 Å². The van der Waals surface area contributed by atoms with Crippen LogP contribution in [0.15, 0.2) is 12.1 Å². The molecule has 1 aromatic rings. The van der Waals surface area contributed by atoms with Crippen LogP contribution < -0.4 is 4.90 Å². The first-order chi connectivity index (χ1) is 8.76. The molecular weight excluding hydrogens is 261 g/mol. The standard InChI is InChI=1S/C16H23ClFN/c1-6-16(15(3,4)5)10-19(7-2)14-9-12(17)13(18)8-11(14)16/h8-9H,6-7,10H2,1-5H3. The van der Waals surface area contributed by atoms with Gasteiger partial charge in [0.2, 0.25) is 0 Å². The topological polar surface area (TPSA) is 3.24 Å². The summed E-state index contributed by atoms with van der Waals surface area (Å²) >= 11 is 5.96. The summed E-state index contributed by atoms with van der Waals surface area (Å²) in [5.41, 5.74) is 2.29. The Morgan fingerprint density at radius 2 is 1.95 bits per heavy atom. The van der Waals surface area contributed by atoms with Gasteiger partial charge in [-0.2, -0.15) is 0 Å². The molecule has 0 bridgehead atoms. The number of anilines is 1. The molecule has 106 valence electrons. The highest BCUT2D eigenvalue weighted by molar-refractivity contribution is 6.31. The van der Waals surface area contributed by atoms with Gasteiger partial charge in [0, 0.05) is 24.2 Å². The molecule has 0 N–H and O–H groups in total. The largest absolute Gasteiger partial charge is 0.371 e. The van der Waals surface area contributed by atoms with Crippen molar-refractivity contribution in [2.45, 2.75) is 46.5 Å². The van der Waals surface area contributed by atoms with Gasteiger partial charge in [-0.15, -0.1) is 0 Å². The van der Waals surface area contributed by atoms with E-state index in [1.807, 2.05) is 0 Å². The zero-order valence-electron chi connectivity index (χ0n) is 12.5. The molecule has 0 aromatic heterocycles. The summed E-state index contributed by atoms with van der Waals surface area (Å²) in [6, 6.07) is 3.45. The number of benzene rings is 1. The number of hydrogen-bond acceptors (Lipinski definition) is 1. The monoisotopic (exact) mass is 283 g/mol. The van der Waals surface area contributed by atoms with Crippen molar-refractivity contribution in [1.82, 2.24) is 0 Å². The third-order valence-corrected chi connectivity index (χ3v) is 5.07. The number of rotatable bonds is 2. The molecule has 0 saturated heterocycles. The van der Waals surface area contributed by atoms with E-state index in [0.29, 0.717) is 0 Å². The fourth-order valence-corrected chi connectivity index (χ4v) is 3.59. The van der Waals surface area contributed by atoms with E-state index < -0.39 is 0 Å². The number of likely N-dealkylation sites (N-methyl/N-ethyl adjacent to an activating group) is 1. The lowest BCUT2D eigenvalue weighted by Gasteiger charge is -2.42. The second kappa shape index (κ2) is 4.66. The van der Waals surface area contributed by atoms with Crippen LogP contribution in [0.2, 0.25) is 5.02 Å². The van der Waals surface area contributed by atoms with Crippen LogP contribution in [-0.4, -0.2) is 13.1 Å². The Hall–Kier alpha value is -0.760. The van der Waals surface area contributed by atoms with Crippen molar-refractivity contribution in [2.75, 3.05) is 18.0 Å². The average molecular weight is 284 g/mol. The van der Waals surface area contributed by atoms with Crippen LogP contribution in [-0.2, 0) is 5.41 Å². The second-order valence-corrected chi connectivity index (χ2v) is 6.89. The third kappa shape index (κ3) is 2.05. The molecule has 1 heterocycles. The maximum Gasteiger partial charge on any atom is 0.142 e. The fourth-order valence-electron chi connectivity index (χ4n) is 3.43. The van der Waals surface area contributed by atoms with E-state index in [1.165, 1.54) is 0 Å². The fraction of sp³-hybridized carbons (Fsp3) is 0.625. The van der Waals surface area contributed by atoms with Gasteiger partial charge in [0.25, 0.3) is 0 Å². The molecule has 1 aliphatic rings. The second-order valence-electron chi connectivity index (χ2n) is 6.48. The Bertz CT molecular complexity index is 492. The van der Waals surface area contributed by atoms with Crippen molar-refractivity contribution >= 4 is 17.3 Å². The lowest BCUT2D eigenvalue weighted by molar-refractivity contribution is 0.190. The van der Waals surface area contributed by atoms with E-state index in [2.05, 4.69) is 39.5 Å². The summed E-state index contributed by atoms with van der Waals surface area (Å²) in [6.07, 6.45) is 1.00. The first-order valence-corrected chi connectivity index (χ1v) is 7.39. The number of nitrogens with zero attached hydrogens (tertiary/aromatic N) is 1. The Morgan fingerprint density at radius 1 is 1.32 bits per heavy atom. The Kier molecular flexibility index (Phi) is 3.59. The lowest BCUT2D eigenvalue weighted by atomic mass is 9.62. The predicted octanol–water partition coefficient (Wildman–Crippen LogP) is 5.01. The van der Waals surface area contributed by atoms with Gasteiger partial charge in [0.1, 0.15) is 5.82 Å². The zero-order valence-corrected chi connectivity index (χ0v) is 13.2. The van der Waals surface area contributed by atoms with Crippen molar-refractivity contribution in [3.8, 4) is 0 Å². The van der Waals surface area contributed by atoms with E-state index in [0.717, 1.165) is 30.8 Å². The minimum atomic E-state index is -0.305. The molecule has 0 spiro atoms. The molecule has 0 saturated carbocycles. The van der Waals surface area contributed by atoms with Crippen molar-refractivity contribution < 1.29 is 4.39 Å². The van der Waals surface area contributed by atoms with Gasteiger partial charge < -0.3 is 4.90 Å². The summed E-state index contributed by atoms with van der Waals surface area (Å²) in [5, 5.41) is 0.220. The first kappa shape index (κ1) is 14.6. The van der Waals surface area contributed by atoms with Crippen LogP contribution >= 0.6 is 11.6 Å². The molecule has 2 rings (SSSR count). The summed E-state index contributed by atoms with van der Waals surface area (Å²) in [5.74, 6) is -0.305. The number of hydrogen-bond donors (Lipinski definition) is 0. The molecule has 1 nitrogen and oxygen atoms in total. The molecule has 1 atom stereocenters. The summed E-state index contributed by atoms with van der Waals surface area (Å²) < 4.78 is 13.9. The van der Waals surface area contributed by atoms with Crippen LogP contribution in [0.1, 0.15) is 46.6 Å². The molecule has 0 aliphatic carbocycles. The van der Waals surface area contributed by atoms with Gasteiger partial charge >= 0.3 is 0 Å². The highest BCUT2D eigenvalue weighted by atomic mass is 35.5. The van der Waals surface area contributed by atoms with Crippen molar-refractivity contribution in [3.63, 3.8) is 0 Å². The first-order valence-electron chi connectivity index (χ1n) is 7.01. The van der Waals surface area contributed by atoms with Gasteiger partial charge in [-0.25, -0.2) is 4.39 Å². The van der Waals surface area contributed by atoms with E-state index >= 15 is 0 Å². The minimum Gasteiger partial charge on any atom is -0.371 e. The Balaban J connectivity index is 2.69. The van der Waals surface area contributed by atoms with Crippen molar-refractivity contribution in [2.24, 2.45) is 5.41 Å². The van der Waals surface area contributed by atoms with Crippen molar-refractivity contribution in [3.05, 3.63) is 28.5 Å². The normalized spacial score (nSPS) is 22.8. The van der Waals surface area contributed by atoms with Crippen LogP contribution in [0, 0.1) is 11.2 Å². The van der Waals surface area contributed by atoms with E-state index in [-0.39, 0.29) is 21.7 Å². The maximum absolute atomic E-state index is 13.9. The average Bonchev–Trinajstić information content (AvgIpc) is 2.64. The third-order valence-electron chi connectivity index (χ3n) is 4.78. The van der Waals surface area contributed by atoms with Crippen LogP contribution in [0.3, 0.4) is 0 Å². The molecule has 1 aromatic carbocycles. The van der Waals surface area contributed by atoms with Gasteiger partial charge in [0.05, 0.1) is 5.02 Å². The van der Waals surface area contributed by atoms with Gasteiger partial charge in [-0.3, -0.25) is 0 Å². The quantitative estimate of drug-likeness (QED) is 0.737. The maximum atomic E-state index is 13.9. The van der Waals surface area contributed by atoms with E-state index in [4.69, 9.17) is 11.6 Å². The molecule has 3 heteroatoms. The SMILES string of the molecule is CCN1CC(CC)(C(C)(C)C)c2cc(F)c(Cl)cc21. The smallest absolute Gasteiger partial charge is 0.142 e. The highest BCUT2D eigenvalue weighted by Gasteiger charge is 2.49. The predicted molar refractivity (Wildman–Crippen MR) is 80.7 cm³/mol. The number of halogens is 2. The van der Waals surface area contributed by atoms with E-state index in [1.54, 1.807) is 12.1 Å². The van der Waals surface area contributed by atoms with Gasteiger partial charge in [-0.1, -0.05) is 39.3 Å². The molecule has 0 amide bonds. The Labute approximate surface area is 120 Å². The molecular formula is C16H23ClFN. The zero-order chi connectivity index (χ0) is 14.4. The van der Waals surface area contributed by atoms with Gasteiger partial charge in [-0.05, 0) is 36.5 Å². The Morgan fingerprint density at radius 3 is 2.42 bits per heavy atom. The summed E-state index contributed by atoms with van der Waals surface area (Å²) in [4.78, 5) is 2.31. The van der Waals surface area contributed by atoms with Gasteiger partial charge in [0.15, 0.2) is 0 Å². The van der Waals surface area contributed by atoms with E-state index in [9.17, 15) is 4.39 Å². The number of fused-ring (bicyclic) bond motifs is 1. The molecule has 1 aliphatic heterocycles. The summed E-state index contributed by atoms with van der Waals surface area (Å²) in [7, 11) is 0. The molecule has 0 fully saturated rings. The molecule has 0 radical (unpaired) electrons. The lowest BCUT2D eigenvalue weighted by Crippen LogP contribution is -2.43.